The van der Waals surface area contributed by atoms with Gasteiger partial charge in [0, 0.05) is 31.2 Å². The predicted octanol–water partition coefficient (Wildman–Crippen LogP) is 1.84. The molecule has 0 bridgehead atoms. The molecule has 0 radical (unpaired) electrons. The zero-order valence-corrected chi connectivity index (χ0v) is 13.4. The van der Waals surface area contributed by atoms with Gasteiger partial charge in [-0.15, -0.1) is 0 Å². The van der Waals surface area contributed by atoms with Gasteiger partial charge in [-0.2, -0.15) is 0 Å². The maximum Gasteiger partial charge on any atom is 0.410 e. The molecule has 1 saturated heterocycles. The molecule has 0 unspecified atom stereocenters. The fraction of sp³-hybridized carbons (Fsp3) is 0.643. The molecule has 0 aromatic carbocycles. The van der Waals surface area contributed by atoms with Crippen LogP contribution < -0.4 is 0 Å². The molecule has 1 aliphatic rings. The SMILES string of the molecule is CC(C)(C)OC(=O)N1CC[C@H](C[S@@](=O)c2ncccn2)C1. The summed E-state index contributed by atoms with van der Waals surface area (Å²) in [6.07, 6.45) is 3.70. The summed E-state index contributed by atoms with van der Waals surface area (Å²) in [5, 5.41) is 0.355. The number of carbonyl (C=O) groups is 1. The molecule has 0 N–H and O–H groups in total. The molecule has 1 fully saturated rings. The third-order valence-electron chi connectivity index (χ3n) is 3.07. The minimum absolute atomic E-state index is 0.196. The van der Waals surface area contributed by atoms with Crippen LogP contribution >= 0.6 is 0 Å². The van der Waals surface area contributed by atoms with E-state index in [9.17, 15) is 9.00 Å². The van der Waals surface area contributed by atoms with E-state index in [1.165, 1.54) is 0 Å². The van der Waals surface area contributed by atoms with Crippen LogP contribution in [0.2, 0.25) is 0 Å². The molecule has 0 spiro atoms. The van der Waals surface area contributed by atoms with Gasteiger partial charge < -0.3 is 9.64 Å². The topological polar surface area (TPSA) is 72.4 Å². The van der Waals surface area contributed by atoms with Crippen molar-refractivity contribution in [2.24, 2.45) is 5.92 Å². The molecule has 2 atom stereocenters. The van der Waals surface area contributed by atoms with E-state index in [1.807, 2.05) is 20.8 Å². The summed E-state index contributed by atoms with van der Waals surface area (Å²) in [4.78, 5) is 21.7. The van der Waals surface area contributed by atoms with Crippen LogP contribution in [0, 0.1) is 5.92 Å². The van der Waals surface area contributed by atoms with Gasteiger partial charge in [-0.05, 0) is 39.2 Å². The Kier molecular flexibility index (Phi) is 4.92. The van der Waals surface area contributed by atoms with Crippen LogP contribution in [0.1, 0.15) is 27.2 Å². The first-order valence-corrected chi connectivity index (χ1v) is 8.30. The van der Waals surface area contributed by atoms with Crippen LogP contribution in [0.5, 0.6) is 0 Å². The van der Waals surface area contributed by atoms with Crippen molar-refractivity contribution in [2.75, 3.05) is 18.8 Å². The maximum absolute atomic E-state index is 12.2. The minimum Gasteiger partial charge on any atom is -0.444 e. The van der Waals surface area contributed by atoms with Crippen LogP contribution in [-0.4, -0.2) is 49.6 Å². The van der Waals surface area contributed by atoms with Gasteiger partial charge in [-0.3, -0.25) is 4.21 Å². The average molecular weight is 311 g/mol. The van der Waals surface area contributed by atoms with E-state index in [4.69, 9.17) is 4.74 Å². The van der Waals surface area contributed by atoms with Crippen molar-refractivity contribution in [3.05, 3.63) is 18.5 Å². The van der Waals surface area contributed by atoms with Gasteiger partial charge >= 0.3 is 6.09 Å². The van der Waals surface area contributed by atoms with E-state index < -0.39 is 16.4 Å². The number of nitrogens with zero attached hydrogens (tertiary/aromatic N) is 3. The summed E-state index contributed by atoms with van der Waals surface area (Å²) in [7, 11) is -1.22. The molecule has 21 heavy (non-hydrogen) atoms. The van der Waals surface area contributed by atoms with Gasteiger partial charge in [0.1, 0.15) is 5.60 Å². The van der Waals surface area contributed by atoms with E-state index in [0.29, 0.717) is 24.0 Å². The van der Waals surface area contributed by atoms with E-state index in [-0.39, 0.29) is 12.0 Å². The third kappa shape index (κ3) is 4.77. The molecular formula is C14H21N3O3S. The molecular weight excluding hydrogens is 290 g/mol. The van der Waals surface area contributed by atoms with Gasteiger partial charge in [0.2, 0.25) is 5.16 Å². The van der Waals surface area contributed by atoms with E-state index in [1.54, 1.807) is 23.4 Å². The Bertz CT molecular complexity index is 516. The van der Waals surface area contributed by atoms with Gasteiger partial charge in [-0.1, -0.05) is 0 Å². The van der Waals surface area contributed by atoms with Crippen LogP contribution in [0.4, 0.5) is 4.79 Å². The molecule has 0 saturated carbocycles. The number of amides is 1. The Morgan fingerprint density at radius 3 is 2.71 bits per heavy atom. The molecule has 1 aromatic rings. The predicted molar refractivity (Wildman–Crippen MR) is 79.2 cm³/mol. The Morgan fingerprint density at radius 1 is 1.43 bits per heavy atom. The van der Waals surface area contributed by atoms with Gasteiger partial charge in [0.15, 0.2) is 0 Å². The lowest BCUT2D eigenvalue weighted by atomic mass is 10.2. The first kappa shape index (κ1) is 15.9. The Balaban J connectivity index is 1.86. The molecule has 0 aliphatic carbocycles. The van der Waals surface area contributed by atoms with E-state index in [0.717, 1.165) is 6.42 Å². The Hall–Kier alpha value is -1.50. The molecule has 2 heterocycles. The molecule has 1 aliphatic heterocycles. The van der Waals surface area contributed by atoms with Crippen LogP contribution in [0.25, 0.3) is 0 Å². The zero-order valence-electron chi connectivity index (χ0n) is 12.6. The quantitative estimate of drug-likeness (QED) is 0.797. The average Bonchev–Trinajstić information content (AvgIpc) is 2.86. The number of hydrogen-bond donors (Lipinski definition) is 0. The first-order valence-electron chi connectivity index (χ1n) is 6.98. The van der Waals surface area contributed by atoms with Crippen molar-refractivity contribution < 1.29 is 13.7 Å². The molecule has 1 aromatic heterocycles. The first-order chi connectivity index (χ1) is 9.85. The summed E-state index contributed by atoms with van der Waals surface area (Å²) >= 11 is 0. The smallest absolute Gasteiger partial charge is 0.410 e. The normalized spacial score (nSPS) is 20.3. The lowest BCUT2D eigenvalue weighted by molar-refractivity contribution is 0.0289. The summed E-state index contributed by atoms with van der Waals surface area (Å²) < 4.78 is 17.5. The van der Waals surface area contributed by atoms with Crippen molar-refractivity contribution in [2.45, 2.75) is 37.9 Å². The maximum atomic E-state index is 12.2. The van der Waals surface area contributed by atoms with Crippen molar-refractivity contribution in [3.8, 4) is 0 Å². The van der Waals surface area contributed by atoms with Crippen molar-refractivity contribution in [3.63, 3.8) is 0 Å². The second-order valence-electron chi connectivity index (χ2n) is 6.12. The van der Waals surface area contributed by atoms with Crippen molar-refractivity contribution in [1.29, 1.82) is 0 Å². The van der Waals surface area contributed by atoms with Gasteiger partial charge in [-0.25, -0.2) is 14.8 Å². The highest BCUT2D eigenvalue weighted by atomic mass is 32.2. The fourth-order valence-corrected chi connectivity index (χ4v) is 3.36. The number of hydrogen-bond acceptors (Lipinski definition) is 5. The second kappa shape index (κ2) is 6.51. The lowest BCUT2D eigenvalue weighted by Gasteiger charge is -2.24. The highest BCUT2D eigenvalue weighted by Crippen LogP contribution is 2.21. The highest BCUT2D eigenvalue weighted by molar-refractivity contribution is 7.84. The Labute approximate surface area is 127 Å². The molecule has 2 rings (SSSR count). The molecule has 1 amide bonds. The Morgan fingerprint density at radius 2 is 2.10 bits per heavy atom. The summed E-state index contributed by atoms with van der Waals surface area (Å²) in [5.41, 5.74) is -0.490. The van der Waals surface area contributed by atoms with Gasteiger partial charge in [0.25, 0.3) is 0 Å². The number of carbonyl (C=O) groups excluding carboxylic acids is 1. The second-order valence-corrected chi connectivity index (χ2v) is 7.51. The molecule has 6 nitrogen and oxygen atoms in total. The lowest BCUT2D eigenvalue weighted by Crippen LogP contribution is -2.35. The third-order valence-corrected chi connectivity index (χ3v) is 4.46. The molecule has 7 heteroatoms. The number of aromatic nitrogens is 2. The van der Waals surface area contributed by atoms with Crippen LogP contribution in [-0.2, 0) is 15.5 Å². The summed E-state index contributed by atoms with van der Waals surface area (Å²) in [6.45, 7) is 6.76. The molecule has 116 valence electrons. The summed E-state index contributed by atoms with van der Waals surface area (Å²) in [5.74, 6) is 0.672. The number of likely N-dealkylation sites (tertiary alicyclic amines) is 1. The van der Waals surface area contributed by atoms with Crippen LogP contribution in [0.3, 0.4) is 0 Å². The van der Waals surface area contributed by atoms with Crippen molar-refractivity contribution in [1.82, 2.24) is 14.9 Å². The fourth-order valence-electron chi connectivity index (χ4n) is 2.15. The largest absolute Gasteiger partial charge is 0.444 e. The van der Waals surface area contributed by atoms with E-state index >= 15 is 0 Å². The highest BCUT2D eigenvalue weighted by Gasteiger charge is 2.31. The number of ether oxygens (including phenoxy) is 1. The zero-order chi connectivity index (χ0) is 15.5. The van der Waals surface area contributed by atoms with Crippen molar-refractivity contribution >= 4 is 16.9 Å². The van der Waals surface area contributed by atoms with E-state index in [2.05, 4.69) is 9.97 Å². The standard InChI is InChI=1S/C14H21N3O3S/c1-14(2,3)20-13(18)17-8-5-11(9-17)10-21(19)12-15-6-4-7-16-12/h4,6-7,11H,5,8-10H2,1-3H3/t11-,21+/m0/s1. The van der Waals surface area contributed by atoms with Gasteiger partial charge in [0.05, 0.1) is 10.8 Å². The van der Waals surface area contributed by atoms with Crippen LogP contribution in [0.15, 0.2) is 23.6 Å². The summed E-state index contributed by atoms with van der Waals surface area (Å²) in [6, 6.07) is 1.69. The monoisotopic (exact) mass is 311 g/mol. The minimum atomic E-state index is -1.22. The number of rotatable bonds is 3.